The summed E-state index contributed by atoms with van der Waals surface area (Å²) in [6, 6.07) is 12.4. The van der Waals surface area contributed by atoms with Gasteiger partial charge in [-0.2, -0.15) is 9.78 Å². The molecule has 0 saturated carbocycles. The zero-order valence-corrected chi connectivity index (χ0v) is 25.9. The number of nitrogens with zero attached hydrogens (tertiary/aromatic N) is 6. The molecule has 3 heterocycles. The molecule has 0 radical (unpaired) electrons. The van der Waals surface area contributed by atoms with Gasteiger partial charge in [0.15, 0.2) is 16.6 Å². The Hall–Kier alpha value is -3.57. The van der Waals surface area contributed by atoms with Crippen molar-refractivity contribution < 1.29 is 0 Å². The fourth-order valence-electron chi connectivity index (χ4n) is 5.24. The molecule has 0 aliphatic carbocycles. The Bertz CT molecular complexity index is 1590. The number of pyridine rings is 1. The summed E-state index contributed by atoms with van der Waals surface area (Å²) in [6.07, 6.45) is 10.9. The van der Waals surface area contributed by atoms with Crippen LogP contribution in [0, 0.1) is 18.3 Å². The smallest absolute Gasteiger partial charge is 0.291 e. The number of nitriles is 1. The summed E-state index contributed by atoms with van der Waals surface area (Å²) in [6.45, 7) is 12.5. The molecular formula is C33H42N6OS. The fourth-order valence-corrected chi connectivity index (χ4v) is 6.32. The molecule has 0 fully saturated rings. The fraction of sp³-hybridized carbons (Fsp3) is 0.485. The lowest BCUT2D eigenvalue weighted by atomic mass is 10.0. The van der Waals surface area contributed by atoms with Crippen LogP contribution in [0.1, 0.15) is 107 Å². The molecule has 0 spiro atoms. The van der Waals surface area contributed by atoms with Crippen LogP contribution < -0.4 is 15.7 Å². The maximum absolute atomic E-state index is 13.2. The molecule has 0 unspecified atom stereocenters. The second-order valence-corrected chi connectivity index (χ2v) is 11.7. The van der Waals surface area contributed by atoms with E-state index >= 15 is 0 Å². The number of aromatic nitrogens is 4. The van der Waals surface area contributed by atoms with E-state index in [1.807, 2.05) is 25.1 Å². The summed E-state index contributed by atoms with van der Waals surface area (Å²) in [5, 5.41) is 16.3. The highest BCUT2D eigenvalue weighted by atomic mass is 32.1. The maximum Gasteiger partial charge on any atom is 0.291 e. The summed E-state index contributed by atoms with van der Waals surface area (Å²) in [7, 11) is 0. The monoisotopic (exact) mass is 570 g/mol. The molecule has 0 aliphatic rings. The maximum atomic E-state index is 13.2. The third-order valence-corrected chi connectivity index (χ3v) is 8.87. The molecule has 0 atom stereocenters. The van der Waals surface area contributed by atoms with Crippen LogP contribution in [-0.4, -0.2) is 32.7 Å². The molecule has 41 heavy (non-hydrogen) atoms. The van der Waals surface area contributed by atoms with Crippen LogP contribution in [0.3, 0.4) is 0 Å². The lowest BCUT2D eigenvalue weighted by Crippen LogP contribution is -2.27. The summed E-state index contributed by atoms with van der Waals surface area (Å²) in [5.41, 5.74) is 2.78. The number of unbranched alkanes of at least 4 members (excludes halogenated alkanes) is 4. The first-order valence-electron chi connectivity index (χ1n) is 15.1. The predicted molar refractivity (Wildman–Crippen MR) is 170 cm³/mol. The van der Waals surface area contributed by atoms with E-state index in [4.69, 9.17) is 9.97 Å². The van der Waals surface area contributed by atoms with Gasteiger partial charge in [-0.3, -0.25) is 4.79 Å². The second kappa shape index (κ2) is 14.4. The molecule has 0 bridgehead atoms. The third kappa shape index (κ3) is 6.68. The van der Waals surface area contributed by atoms with Gasteiger partial charge in [0.2, 0.25) is 0 Å². The van der Waals surface area contributed by atoms with Crippen molar-refractivity contribution in [2.75, 3.05) is 18.0 Å². The van der Waals surface area contributed by atoms with Crippen molar-refractivity contribution in [1.29, 1.82) is 5.26 Å². The van der Waals surface area contributed by atoms with E-state index in [-0.39, 0.29) is 11.5 Å². The highest BCUT2D eigenvalue weighted by molar-refractivity contribution is 7.16. The standard InChI is InChI=1S/C33H42N6OS/c1-6-10-15-19-38(20-16-11-7-2)33-35-29(25-17-13-12-14-18-25)28(41-33)21-26-23(5)27(22-34)32(40)39-31(26)36-30(37-39)24(8-3)9-4/h12-14,17-18,21,24H,6-11,15-16,19-20H2,1-5H3/b26-21+. The summed E-state index contributed by atoms with van der Waals surface area (Å²) < 4.78 is 1.33. The summed E-state index contributed by atoms with van der Waals surface area (Å²) in [4.78, 5) is 26.7. The van der Waals surface area contributed by atoms with Gasteiger partial charge in [-0.25, -0.2) is 9.97 Å². The van der Waals surface area contributed by atoms with Crippen molar-refractivity contribution in [1.82, 2.24) is 19.6 Å². The van der Waals surface area contributed by atoms with Gasteiger partial charge in [0.05, 0.1) is 10.6 Å². The van der Waals surface area contributed by atoms with Crippen LogP contribution in [0.15, 0.2) is 35.1 Å². The Morgan fingerprint density at radius 1 is 1.00 bits per heavy atom. The number of rotatable bonds is 14. The molecule has 0 aliphatic heterocycles. The highest BCUT2D eigenvalue weighted by Crippen LogP contribution is 2.34. The lowest BCUT2D eigenvalue weighted by Gasteiger charge is -2.21. The Morgan fingerprint density at radius 2 is 1.66 bits per heavy atom. The minimum absolute atomic E-state index is 0.108. The topological polar surface area (TPSA) is 87.2 Å². The van der Waals surface area contributed by atoms with Crippen molar-refractivity contribution >= 4 is 28.2 Å². The molecule has 7 nitrogen and oxygen atoms in total. The van der Waals surface area contributed by atoms with Gasteiger partial charge >= 0.3 is 0 Å². The number of thiazole rings is 1. The third-order valence-electron chi connectivity index (χ3n) is 7.81. The van der Waals surface area contributed by atoms with E-state index in [2.05, 4.69) is 62.0 Å². The Morgan fingerprint density at radius 3 is 2.24 bits per heavy atom. The van der Waals surface area contributed by atoms with Crippen LogP contribution in [0.4, 0.5) is 5.13 Å². The van der Waals surface area contributed by atoms with E-state index in [0.29, 0.717) is 17.0 Å². The van der Waals surface area contributed by atoms with Gasteiger partial charge < -0.3 is 4.90 Å². The molecule has 0 N–H and O–H groups in total. The average Bonchev–Trinajstić information content (AvgIpc) is 3.61. The summed E-state index contributed by atoms with van der Waals surface area (Å²) >= 11 is 1.67. The Kier molecular flexibility index (Phi) is 10.6. The van der Waals surface area contributed by atoms with Crippen molar-refractivity contribution in [2.24, 2.45) is 0 Å². The van der Waals surface area contributed by atoms with Crippen LogP contribution in [-0.2, 0) is 0 Å². The molecular weight excluding hydrogens is 528 g/mol. The normalized spacial score (nSPS) is 12.0. The van der Waals surface area contributed by atoms with Crippen LogP contribution >= 0.6 is 11.3 Å². The molecule has 216 valence electrons. The SMILES string of the molecule is CCCCCN(CCCCC)c1nc(-c2ccccc2)c(/C=c2\c(C)c(C#N)c(=O)n3nc(C(CC)CC)nc23)s1. The number of fused-ring (bicyclic) bond motifs is 1. The largest absolute Gasteiger partial charge is 0.348 e. The molecule has 3 aromatic heterocycles. The molecule has 4 rings (SSSR count). The Labute approximate surface area is 247 Å². The van der Waals surface area contributed by atoms with Gasteiger partial charge in [-0.05, 0) is 44.2 Å². The first kappa shape index (κ1) is 30.4. The van der Waals surface area contributed by atoms with Gasteiger partial charge in [0.25, 0.3) is 5.56 Å². The molecule has 4 aromatic rings. The number of hydrogen-bond acceptors (Lipinski definition) is 7. The Balaban J connectivity index is 1.95. The minimum atomic E-state index is -0.409. The predicted octanol–water partition coefficient (Wildman–Crippen LogP) is 7.03. The van der Waals surface area contributed by atoms with Crippen molar-refractivity contribution in [3.8, 4) is 17.3 Å². The molecule has 8 heteroatoms. The number of anilines is 1. The number of benzene rings is 1. The quantitative estimate of drug-likeness (QED) is 0.151. The zero-order valence-electron chi connectivity index (χ0n) is 25.1. The van der Waals surface area contributed by atoms with E-state index in [1.54, 1.807) is 11.3 Å². The summed E-state index contributed by atoms with van der Waals surface area (Å²) in [5.74, 6) is 0.810. The van der Waals surface area contributed by atoms with E-state index in [9.17, 15) is 10.1 Å². The van der Waals surface area contributed by atoms with Gasteiger partial charge in [0.1, 0.15) is 11.6 Å². The first-order chi connectivity index (χ1) is 20.0. The van der Waals surface area contributed by atoms with E-state index in [1.165, 1.54) is 30.2 Å². The molecule has 0 saturated heterocycles. The molecule has 1 aromatic carbocycles. The zero-order chi connectivity index (χ0) is 29.4. The van der Waals surface area contributed by atoms with Crippen molar-refractivity contribution in [3.05, 3.63) is 67.7 Å². The average molecular weight is 571 g/mol. The van der Waals surface area contributed by atoms with E-state index in [0.717, 1.165) is 65.3 Å². The van der Waals surface area contributed by atoms with Crippen molar-refractivity contribution in [2.45, 2.75) is 91.9 Å². The highest BCUT2D eigenvalue weighted by Gasteiger charge is 2.21. The molecule has 0 amide bonds. The van der Waals surface area contributed by atoms with Gasteiger partial charge in [0, 0.05) is 29.8 Å². The lowest BCUT2D eigenvalue weighted by molar-refractivity contribution is 0.600. The van der Waals surface area contributed by atoms with Crippen LogP contribution in [0.25, 0.3) is 23.0 Å². The van der Waals surface area contributed by atoms with E-state index < -0.39 is 5.56 Å². The van der Waals surface area contributed by atoms with Crippen LogP contribution in [0.5, 0.6) is 0 Å². The minimum Gasteiger partial charge on any atom is -0.348 e. The van der Waals surface area contributed by atoms with Gasteiger partial charge in [-0.1, -0.05) is 95.0 Å². The van der Waals surface area contributed by atoms with Gasteiger partial charge in [-0.15, -0.1) is 5.10 Å². The first-order valence-corrected chi connectivity index (χ1v) is 15.9. The van der Waals surface area contributed by atoms with Crippen LogP contribution in [0.2, 0.25) is 0 Å². The number of hydrogen-bond donors (Lipinski definition) is 0. The second-order valence-electron chi connectivity index (χ2n) is 10.7. The van der Waals surface area contributed by atoms with Crippen molar-refractivity contribution in [3.63, 3.8) is 0 Å².